The normalized spacial score (nSPS) is 12.4. The van der Waals surface area contributed by atoms with Crippen LogP contribution in [0.3, 0.4) is 0 Å². The van der Waals surface area contributed by atoms with E-state index in [1.54, 1.807) is 0 Å². The number of aromatic amines is 4. The summed E-state index contributed by atoms with van der Waals surface area (Å²) in [6.07, 6.45) is 0. The molecule has 0 atom stereocenters. The predicted octanol–water partition coefficient (Wildman–Crippen LogP) is 9.62. The molecular formula is C52H42N6S2. The van der Waals surface area contributed by atoms with Gasteiger partial charge in [0.25, 0.3) is 0 Å². The number of hydrogen-bond donors (Lipinski definition) is 4. The van der Waals surface area contributed by atoms with Crippen LogP contribution in [0.25, 0.3) is 22.3 Å². The van der Waals surface area contributed by atoms with Crippen LogP contribution in [0, 0.1) is 41.5 Å². The molecule has 0 saturated heterocycles. The molecule has 0 spiro atoms. The molecule has 0 radical (unpaired) electrons. The van der Waals surface area contributed by atoms with Gasteiger partial charge >= 0.3 is 0 Å². The maximum atomic E-state index is 4.93. The molecule has 4 aromatic carbocycles. The summed E-state index contributed by atoms with van der Waals surface area (Å²) in [7, 11) is 0. The van der Waals surface area contributed by atoms with Crippen molar-refractivity contribution in [3.8, 4) is 0 Å². The standard InChI is InChI=1S/C52H42N6S2/c1-29-23-31(3)47(32(4)24-29)51-43-19-15-39(55-43)49(35-7-11-37(12-8-35)53-27-59)41-17-21-45(57-41)52(48-33(5)25-30(2)26-34(48)6)46-22-18-42(58-46)50(40-16-20-44(51)56-40)36-9-13-38(14-10-36)54-28-60/h7-26,55-58H,1-6H3. The van der Waals surface area contributed by atoms with Gasteiger partial charge in [-0.05, 0) is 183 Å². The number of benzene rings is 4. The highest BCUT2D eigenvalue weighted by Gasteiger charge is 2.21. The van der Waals surface area contributed by atoms with Crippen molar-refractivity contribution in [1.82, 2.24) is 19.9 Å². The Bertz CT molecular complexity index is 3100. The molecule has 8 heteroatoms. The van der Waals surface area contributed by atoms with Gasteiger partial charge < -0.3 is 19.9 Å². The Balaban J connectivity index is 1.45. The van der Waals surface area contributed by atoms with Crippen molar-refractivity contribution < 1.29 is 0 Å². The van der Waals surface area contributed by atoms with Crippen LogP contribution < -0.4 is 21.4 Å². The molecule has 292 valence electrons. The third kappa shape index (κ3) is 7.02. The molecule has 0 fully saturated rings. The smallest absolute Gasteiger partial charge is 0.0739 e. The molecule has 9 rings (SSSR count). The number of nitrogens with zero attached hydrogens (tertiary/aromatic N) is 2. The number of thiocarbonyl (C=S) groups is 2. The maximum absolute atomic E-state index is 4.93. The largest absolute Gasteiger partial charge is 0.354 e. The van der Waals surface area contributed by atoms with E-state index in [9.17, 15) is 0 Å². The highest BCUT2D eigenvalue weighted by atomic mass is 32.1. The van der Waals surface area contributed by atoms with E-state index >= 15 is 0 Å². The van der Waals surface area contributed by atoms with E-state index in [1.807, 2.05) is 24.3 Å². The molecule has 4 aromatic heterocycles. The number of hydrogen-bond acceptors (Lipinski definition) is 4. The molecule has 4 N–H and O–H groups in total. The van der Waals surface area contributed by atoms with E-state index in [0.29, 0.717) is 0 Å². The van der Waals surface area contributed by atoms with Crippen molar-refractivity contribution in [2.45, 2.75) is 41.5 Å². The second kappa shape index (κ2) is 15.7. The van der Waals surface area contributed by atoms with Gasteiger partial charge in [0.05, 0.1) is 21.7 Å². The van der Waals surface area contributed by atoms with Gasteiger partial charge in [0.15, 0.2) is 0 Å². The Morgan fingerprint density at radius 2 is 0.667 bits per heavy atom. The van der Waals surface area contributed by atoms with Crippen LogP contribution in [0.1, 0.15) is 78.4 Å². The first-order chi connectivity index (χ1) is 29.1. The van der Waals surface area contributed by atoms with E-state index in [-0.39, 0.29) is 0 Å². The van der Waals surface area contributed by atoms with Crippen LogP contribution in [-0.4, -0.2) is 30.3 Å². The second-order valence-corrected chi connectivity index (χ2v) is 16.1. The molecule has 0 unspecified atom stereocenters. The Labute approximate surface area is 359 Å². The van der Waals surface area contributed by atoms with Crippen molar-refractivity contribution in [2.75, 3.05) is 0 Å². The monoisotopic (exact) mass is 814 g/mol. The minimum Gasteiger partial charge on any atom is -0.354 e. The molecule has 1 aliphatic rings. The highest BCUT2D eigenvalue weighted by molar-refractivity contribution is 7.78. The zero-order chi connectivity index (χ0) is 41.7. The molecule has 0 amide bonds. The zero-order valence-corrected chi connectivity index (χ0v) is 35.9. The Morgan fingerprint density at radius 3 is 0.983 bits per heavy atom. The van der Waals surface area contributed by atoms with Gasteiger partial charge in [0.1, 0.15) is 0 Å². The molecule has 1 aliphatic heterocycles. The van der Waals surface area contributed by atoms with Crippen molar-refractivity contribution in [3.63, 3.8) is 0 Å². The minimum atomic E-state index is 0.754. The third-order valence-corrected chi connectivity index (χ3v) is 11.6. The van der Waals surface area contributed by atoms with Crippen LogP contribution in [0.4, 0.5) is 11.4 Å². The van der Waals surface area contributed by atoms with E-state index in [2.05, 4.69) is 179 Å². The van der Waals surface area contributed by atoms with Crippen molar-refractivity contribution in [1.29, 1.82) is 0 Å². The first kappa shape index (κ1) is 38.6. The molecule has 0 aliphatic carbocycles. The molecule has 60 heavy (non-hydrogen) atoms. The first-order valence-corrected chi connectivity index (χ1v) is 20.7. The SMILES string of the molecule is Cc1cc(C)c(C2=c3ccc([nH]3)=C(c3ccc(N=C=S)cc3)c3ccc([nH]3)C(c3c(C)cc(C)cc3C)=c3ccc([nH]3)=C(c3ccc(N=C=S)cc3)c3ccc2[nH]3)c(C)c1. The molecule has 8 bridgehead atoms. The lowest BCUT2D eigenvalue weighted by Crippen LogP contribution is -2.19. The number of nitrogens with one attached hydrogen (secondary N) is 4. The summed E-state index contributed by atoms with van der Waals surface area (Å²) in [5.41, 5.74) is 21.4. The summed E-state index contributed by atoms with van der Waals surface area (Å²) in [5, 5.41) is 8.95. The molecule has 6 nitrogen and oxygen atoms in total. The third-order valence-electron chi connectivity index (χ3n) is 11.4. The van der Waals surface area contributed by atoms with Gasteiger partial charge in [-0.3, -0.25) is 0 Å². The quantitative estimate of drug-likeness (QED) is 0.0996. The average molecular weight is 815 g/mol. The lowest BCUT2D eigenvalue weighted by Gasteiger charge is -2.15. The summed E-state index contributed by atoms with van der Waals surface area (Å²) in [6.45, 7) is 13.1. The van der Waals surface area contributed by atoms with Crippen LogP contribution in [0.2, 0.25) is 0 Å². The van der Waals surface area contributed by atoms with E-state index in [1.165, 1.54) is 44.5 Å². The van der Waals surface area contributed by atoms with Gasteiger partial charge in [-0.1, -0.05) is 59.7 Å². The Kier molecular flexibility index (Phi) is 10.1. The molecule has 0 saturated carbocycles. The lowest BCUT2D eigenvalue weighted by molar-refractivity contribution is 1.17. The van der Waals surface area contributed by atoms with E-state index in [4.69, 9.17) is 24.4 Å². The van der Waals surface area contributed by atoms with Crippen molar-refractivity contribution in [2.24, 2.45) is 9.98 Å². The number of rotatable bonds is 6. The number of H-pyrrole nitrogens is 4. The maximum Gasteiger partial charge on any atom is 0.0739 e. The van der Waals surface area contributed by atoms with Crippen molar-refractivity contribution >= 4 is 68.4 Å². The van der Waals surface area contributed by atoms with Gasteiger partial charge in [0.2, 0.25) is 0 Å². The van der Waals surface area contributed by atoms with Crippen LogP contribution in [0.15, 0.2) is 131 Å². The predicted molar refractivity (Wildman–Crippen MR) is 252 cm³/mol. The average Bonchev–Trinajstić information content (AvgIpc) is 4.06. The van der Waals surface area contributed by atoms with Gasteiger partial charge in [-0.15, -0.1) is 0 Å². The molecule has 8 aromatic rings. The first-order valence-electron chi connectivity index (χ1n) is 19.9. The number of fused-ring (bicyclic) bond motifs is 8. The fourth-order valence-corrected chi connectivity index (χ4v) is 9.36. The number of aliphatic imine (C=N–C) groups is 2. The fourth-order valence-electron chi connectivity index (χ4n) is 9.15. The summed E-state index contributed by atoms with van der Waals surface area (Å²) < 4.78 is 0. The Morgan fingerprint density at radius 1 is 0.367 bits per heavy atom. The number of aromatic nitrogens is 4. The molecular weight excluding hydrogens is 773 g/mol. The van der Waals surface area contributed by atoms with E-state index < -0.39 is 0 Å². The van der Waals surface area contributed by atoms with Gasteiger partial charge in [-0.2, -0.15) is 9.98 Å². The summed E-state index contributed by atoms with van der Waals surface area (Å²) in [5.74, 6) is 0. The van der Waals surface area contributed by atoms with Gasteiger partial charge in [-0.25, -0.2) is 0 Å². The van der Waals surface area contributed by atoms with E-state index in [0.717, 1.165) is 89.0 Å². The van der Waals surface area contributed by atoms with Crippen LogP contribution in [-0.2, 0) is 0 Å². The molecule has 5 heterocycles. The van der Waals surface area contributed by atoms with Crippen molar-refractivity contribution in [3.05, 3.63) is 221 Å². The number of isothiocyanates is 2. The van der Waals surface area contributed by atoms with Crippen LogP contribution in [0.5, 0.6) is 0 Å². The van der Waals surface area contributed by atoms with Gasteiger partial charge in [0, 0.05) is 66.5 Å². The highest BCUT2D eigenvalue weighted by Crippen LogP contribution is 2.33. The van der Waals surface area contributed by atoms with Crippen LogP contribution >= 0.6 is 24.4 Å². The zero-order valence-electron chi connectivity index (χ0n) is 34.3. The summed E-state index contributed by atoms with van der Waals surface area (Å²) in [4.78, 5) is 24.1. The Hall–Kier alpha value is -6.92. The topological polar surface area (TPSA) is 87.9 Å². The fraction of sp³-hybridized carbons (Fsp3) is 0.115. The number of aryl methyl sites for hydroxylation is 6. The lowest BCUT2D eigenvalue weighted by atomic mass is 9.92. The second-order valence-electron chi connectivity index (χ2n) is 15.7. The summed E-state index contributed by atoms with van der Waals surface area (Å²) >= 11 is 9.86. The minimum absolute atomic E-state index is 0.754. The summed E-state index contributed by atoms with van der Waals surface area (Å²) in [6, 6.07) is 42.9.